The lowest BCUT2D eigenvalue weighted by Crippen LogP contribution is -2.63. The van der Waals surface area contributed by atoms with E-state index in [9.17, 15) is 96.5 Å². The third-order valence-electron chi connectivity index (χ3n) is 23.4. The van der Waals surface area contributed by atoms with Gasteiger partial charge in [0.2, 0.25) is 106 Å². The monoisotopic (exact) mass is 1860 g/mol. The molecule has 3 aliphatic rings. The zero-order valence-electron chi connectivity index (χ0n) is 78.2. The number of unbranched alkanes of at least 4 members (excludes halogenated alkanes) is 1. The van der Waals surface area contributed by atoms with Crippen LogP contribution in [0.1, 0.15) is 198 Å². The molecule has 736 valence electrons. The summed E-state index contributed by atoms with van der Waals surface area (Å²) < 4.78 is 0. The summed E-state index contributed by atoms with van der Waals surface area (Å²) in [4.78, 5) is 269. The molecule has 0 bridgehead atoms. The van der Waals surface area contributed by atoms with Crippen molar-refractivity contribution in [2.45, 2.75) is 315 Å². The minimum Gasteiger partial charge on any atom is -0.391 e. The first-order valence-electron chi connectivity index (χ1n) is 45.4. The molecule has 132 heavy (non-hydrogen) atoms. The molecule has 0 unspecified atom stereocenters. The first-order valence-corrected chi connectivity index (χ1v) is 45.4. The number of rotatable bonds is 53. The molecule has 3 saturated heterocycles. The molecule has 20 atom stereocenters. The van der Waals surface area contributed by atoms with Crippen molar-refractivity contribution in [1.82, 2.24) is 93.8 Å². The summed E-state index contributed by atoms with van der Waals surface area (Å²) in [6.07, 6.45) is 1.42. The Hall–Kier alpha value is -12.0. The average Bonchev–Trinajstić information content (AvgIpc) is 1.64. The SMILES string of the molecule is CC[C@H](C)[C@H](NC(=O)[C@H](CC(N)=O)NC(=O)[C@H](C)NC(=O)[C@H](Cc1ccccc1)NC(=O)[C@H](CC(C)C)NC(=O)[C@H](Cc1cnc[nH]1)NC(=O)[C@@H](NC(=O)[C@@H](NC(=O)[C@@H]1CCCN1C(=O)[C@H](CCCCN)NC(=O)[C@@H](C)N)C(C)C)C(C)C)C(=O)N[C@H](C(=O)N[C@H](C(=O)N1CCC[C@H]1C(=O)N[C@@H](CCCN=C(N)N)C(=O)N[C@H](C(=O)N1CCC[C@H]1C(N)=O)[C@@H](C)O)[C@@H](C)O)C(C)C. The molecule has 0 radical (unpaired) electrons. The number of carbonyl (C=O) groups is 18. The molecule has 45 nitrogen and oxygen atoms in total. The van der Waals surface area contributed by atoms with Gasteiger partial charge in [-0.2, -0.15) is 0 Å². The van der Waals surface area contributed by atoms with Crippen molar-refractivity contribution in [2.24, 2.45) is 69.0 Å². The number of aromatic nitrogens is 2. The lowest BCUT2D eigenvalue weighted by atomic mass is 9.95. The van der Waals surface area contributed by atoms with E-state index < -0.39 is 251 Å². The highest BCUT2D eigenvalue weighted by Gasteiger charge is 2.46. The summed E-state index contributed by atoms with van der Waals surface area (Å²) in [6, 6.07) is -15.1. The van der Waals surface area contributed by atoms with E-state index in [2.05, 4.69) is 84.1 Å². The molecule has 1 aromatic carbocycles. The van der Waals surface area contributed by atoms with E-state index in [4.69, 9.17) is 34.4 Å². The third kappa shape index (κ3) is 33.7. The average molecular weight is 1860 g/mol. The predicted octanol–water partition coefficient (Wildman–Crippen LogP) is -5.80. The number of aliphatic imine (C=N–C) groups is 1. The topological polar surface area (TPSA) is 711 Å². The fourth-order valence-corrected chi connectivity index (χ4v) is 15.6. The number of guanidine groups is 1. The van der Waals surface area contributed by atoms with Crippen molar-refractivity contribution < 1.29 is 96.5 Å². The number of likely N-dealkylation sites (tertiary alicyclic amines) is 3. The first kappa shape index (κ1) is 111. The summed E-state index contributed by atoms with van der Waals surface area (Å²) >= 11 is 0. The van der Waals surface area contributed by atoms with E-state index in [1.165, 1.54) is 45.1 Å². The van der Waals surface area contributed by atoms with E-state index in [1.807, 2.05) is 0 Å². The van der Waals surface area contributed by atoms with Crippen LogP contribution in [-0.2, 0) is 99.1 Å². The molecule has 28 N–H and O–H groups in total. The molecule has 5 rings (SSSR count). The van der Waals surface area contributed by atoms with Gasteiger partial charge in [-0.05, 0) is 146 Å². The minimum atomic E-state index is -1.83. The lowest BCUT2D eigenvalue weighted by Gasteiger charge is -2.33. The highest BCUT2D eigenvalue weighted by atomic mass is 16.3. The Labute approximate surface area is 769 Å². The number of hydrogen-bond acceptors (Lipinski definition) is 24. The molecular formula is C87H143N25O20. The molecule has 3 fully saturated rings. The maximum atomic E-state index is 14.9. The number of imidazole rings is 1. The number of carbonyl (C=O) groups excluding carboxylic acids is 18. The van der Waals surface area contributed by atoms with Gasteiger partial charge in [-0.3, -0.25) is 91.3 Å². The second-order valence-electron chi connectivity index (χ2n) is 35.9. The van der Waals surface area contributed by atoms with Gasteiger partial charge in [-0.25, -0.2) is 4.98 Å². The highest BCUT2D eigenvalue weighted by Crippen LogP contribution is 2.25. The molecule has 1 aromatic heterocycles. The van der Waals surface area contributed by atoms with Crippen LogP contribution in [0.3, 0.4) is 0 Å². The standard InChI is InChI=1S/C87H143N25O20/c1-15-47(10)67(83(129)106-66(46(8)9)82(128)109-69(51(14)114)86(132)112-36-24-30-61(112)78(124)98-54(28-21-33-95-87(92)93)73(119)108-68(50(13)113)85(131)110-34-22-29-60(110)70(91)116)107-77(123)59(40-63(90)115)100-72(118)49(12)97-74(120)57(38-52-25-17-16-18-26-52)102-75(121)56(37-43(2)3)101-76(122)58(39-53-41-94-42-96-53)103-80(126)64(44(4)5)105-81(127)65(45(6)7)104-79(125)62-31-23-35-111(62)84(130)55(27-19-20-32-88)99-71(117)48(11)89/h16-18,25-26,41-51,54-62,64-69,113-114H,15,19-24,27-40,88-89H2,1-14H3,(H2,90,115)(H2,91,116)(H,94,96)(H,97,120)(H,98,124)(H,99,117)(H,100,118)(H,101,122)(H,102,121)(H,103,126)(H,104,125)(H,105,127)(H,106,129)(H,107,123)(H,108,119)(H,109,128)(H4,92,93,95)/t47-,48+,49-,50+,51+,54-,55-,56-,57-,58-,59-,60-,61-,62-,64-,65-,66-,67-,68-,69-/m0/s1. The second-order valence-corrected chi connectivity index (χ2v) is 35.9. The summed E-state index contributed by atoms with van der Waals surface area (Å²) in [6.45, 7) is 22.3. The van der Waals surface area contributed by atoms with Gasteiger partial charge in [0, 0.05) is 50.9 Å². The van der Waals surface area contributed by atoms with Crippen LogP contribution in [0.4, 0.5) is 0 Å². The Morgan fingerprint density at radius 1 is 0.455 bits per heavy atom. The maximum absolute atomic E-state index is 14.9. The van der Waals surface area contributed by atoms with Gasteiger partial charge in [0.25, 0.3) is 0 Å². The number of nitrogens with zero attached hydrogens (tertiary/aromatic N) is 5. The summed E-state index contributed by atoms with van der Waals surface area (Å²) in [5.74, 6) is -18.8. The van der Waals surface area contributed by atoms with Crippen molar-refractivity contribution in [3.05, 3.63) is 54.1 Å². The van der Waals surface area contributed by atoms with Crippen molar-refractivity contribution in [3.8, 4) is 0 Å². The predicted molar refractivity (Wildman–Crippen MR) is 484 cm³/mol. The second kappa shape index (κ2) is 53.5. The largest absolute Gasteiger partial charge is 0.391 e. The zero-order chi connectivity index (χ0) is 98.8. The van der Waals surface area contributed by atoms with Gasteiger partial charge in [0.15, 0.2) is 5.96 Å². The van der Waals surface area contributed by atoms with E-state index in [-0.39, 0.29) is 109 Å². The lowest BCUT2D eigenvalue weighted by molar-refractivity contribution is -0.145. The van der Waals surface area contributed by atoms with Crippen molar-refractivity contribution >= 4 is 112 Å². The van der Waals surface area contributed by atoms with Crippen LogP contribution < -0.4 is 104 Å². The Kier molecular flexibility index (Phi) is 44.8. The van der Waals surface area contributed by atoms with Crippen LogP contribution in [0.25, 0.3) is 0 Å². The molecule has 2 aromatic rings. The van der Waals surface area contributed by atoms with Crippen LogP contribution in [0.15, 0.2) is 47.8 Å². The van der Waals surface area contributed by atoms with Crippen molar-refractivity contribution in [1.29, 1.82) is 0 Å². The number of nitrogens with one attached hydrogen (secondary N) is 14. The Morgan fingerprint density at radius 3 is 1.37 bits per heavy atom. The van der Waals surface area contributed by atoms with Gasteiger partial charge in [-0.15, -0.1) is 0 Å². The number of hydrogen-bond donors (Lipinski definition) is 22. The molecule has 0 saturated carbocycles. The number of amides is 18. The van der Waals surface area contributed by atoms with Crippen LogP contribution in [0, 0.1) is 29.6 Å². The molecule has 0 aliphatic carbocycles. The fourth-order valence-electron chi connectivity index (χ4n) is 15.6. The molecule has 18 amide bonds. The van der Waals surface area contributed by atoms with Crippen molar-refractivity contribution in [3.63, 3.8) is 0 Å². The van der Waals surface area contributed by atoms with Gasteiger partial charge in [0.05, 0.1) is 31.0 Å². The van der Waals surface area contributed by atoms with Gasteiger partial charge >= 0.3 is 0 Å². The number of benzene rings is 1. The first-order chi connectivity index (χ1) is 62.1. The number of aliphatic hydroxyl groups is 2. The summed E-state index contributed by atoms with van der Waals surface area (Å²) in [7, 11) is 0. The Balaban J connectivity index is 1.30. The van der Waals surface area contributed by atoms with E-state index in [0.717, 1.165) is 9.80 Å². The number of aliphatic hydroxyl groups excluding tert-OH is 2. The van der Waals surface area contributed by atoms with E-state index in [0.29, 0.717) is 43.5 Å². The number of nitrogens with two attached hydrogens (primary N) is 6. The number of primary amides is 2. The van der Waals surface area contributed by atoms with Crippen LogP contribution in [0.5, 0.6) is 0 Å². The quantitative estimate of drug-likeness (QED) is 0.0167. The Bertz CT molecular complexity index is 4300. The van der Waals surface area contributed by atoms with Crippen LogP contribution >= 0.6 is 0 Å². The minimum absolute atomic E-state index is 0.00268. The van der Waals surface area contributed by atoms with Gasteiger partial charge in [-0.1, -0.05) is 106 Å². The smallest absolute Gasteiger partial charge is 0.248 e. The summed E-state index contributed by atoms with van der Waals surface area (Å²) in [5, 5.41) is 56.2. The number of H-pyrrole nitrogens is 1. The maximum Gasteiger partial charge on any atom is 0.248 e. The van der Waals surface area contributed by atoms with Crippen molar-refractivity contribution in [2.75, 3.05) is 32.7 Å². The van der Waals surface area contributed by atoms with Crippen LogP contribution in [0.2, 0.25) is 0 Å². The van der Waals surface area contributed by atoms with E-state index in [1.54, 1.807) is 99.6 Å². The molecule has 45 heteroatoms. The number of aromatic amines is 1. The zero-order valence-corrected chi connectivity index (χ0v) is 78.2. The molecular weight excluding hydrogens is 1720 g/mol. The fraction of sp³-hybridized carbons (Fsp3) is 0.678. The normalized spacial score (nSPS) is 18.8. The van der Waals surface area contributed by atoms with Gasteiger partial charge < -0.3 is 133 Å². The Morgan fingerprint density at radius 2 is 0.879 bits per heavy atom. The molecule has 0 spiro atoms. The van der Waals surface area contributed by atoms with E-state index >= 15 is 0 Å². The van der Waals surface area contributed by atoms with Crippen LogP contribution in [-0.4, -0.2) is 295 Å². The molecule has 4 heterocycles. The summed E-state index contributed by atoms with van der Waals surface area (Å²) in [5.41, 5.74) is 34.7. The third-order valence-corrected chi connectivity index (χ3v) is 23.4. The van der Waals surface area contributed by atoms with Gasteiger partial charge in [0.1, 0.15) is 96.7 Å². The molecule has 3 aliphatic heterocycles. The highest BCUT2D eigenvalue weighted by molar-refractivity contribution is 6.02.